The molecule has 1 heteroatoms. The fraction of sp³-hybridized carbons (Fsp3) is 0.846. The van der Waals surface area contributed by atoms with E-state index in [1.807, 2.05) is 6.07 Å². The molecule has 0 atom stereocenters. The molecule has 1 aromatic heterocycles. The highest BCUT2D eigenvalue weighted by atomic mass is 16.3. The molecule has 0 saturated heterocycles. The van der Waals surface area contributed by atoms with E-state index in [1.165, 1.54) is 128 Å². The Morgan fingerprint density at radius 3 is 1.22 bits per heavy atom. The average molecular weight is 377 g/mol. The van der Waals surface area contributed by atoms with Gasteiger partial charge in [0.05, 0.1) is 6.26 Å². The summed E-state index contributed by atoms with van der Waals surface area (Å²) in [5.41, 5.74) is 0. The van der Waals surface area contributed by atoms with Crippen LogP contribution in [-0.4, -0.2) is 0 Å². The molecular formula is C26H48O. The van der Waals surface area contributed by atoms with Gasteiger partial charge in [-0.05, 0) is 18.6 Å². The van der Waals surface area contributed by atoms with Crippen molar-refractivity contribution in [1.82, 2.24) is 0 Å². The van der Waals surface area contributed by atoms with E-state index in [4.69, 9.17) is 4.42 Å². The lowest BCUT2D eigenvalue weighted by Gasteiger charge is -2.04. The zero-order valence-corrected chi connectivity index (χ0v) is 18.5. The van der Waals surface area contributed by atoms with Crippen LogP contribution in [0.1, 0.15) is 141 Å². The molecule has 0 spiro atoms. The van der Waals surface area contributed by atoms with Crippen LogP contribution >= 0.6 is 0 Å². The van der Waals surface area contributed by atoms with Crippen molar-refractivity contribution in [3.63, 3.8) is 0 Å². The third-order valence-electron chi connectivity index (χ3n) is 5.86. The van der Waals surface area contributed by atoms with E-state index in [2.05, 4.69) is 13.0 Å². The highest BCUT2D eigenvalue weighted by Gasteiger charge is 1.97. The molecule has 1 nitrogen and oxygen atoms in total. The molecule has 27 heavy (non-hydrogen) atoms. The number of aryl methyl sites for hydroxylation is 1. The standard InChI is InChI=1S/C26H48O/c1-2-3-4-5-6-7-8-9-10-11-12-13-14-15-16-17-18-19-20-21-23-26-24-22-25-27-26/h22,24-25H,2-21,23H2,1H3. The molecule has 0 fully saturated rings. The van der Waals surface area contributed by atoms with Crippen molar-refractivity contribution in [2.24, 2.45) is 0 Å². The minimum atomic E-state index is 1.12. The summed E-state index contributed by atoms with van der Waals surface area (Å²) in [6.45, 7) is 2.30. The maximum Gasteiger partial charge on any atom is 0.103 e. The van der Waals surface area contributed by atoms with Crippen LogP contribution in [0, 0.1) is 0 Å². The molecule has 1 rings (SSSR count). The van der Waals surface area contributed by atoms with E-state index >= 15 is 0 Å². The fourth-order valence-corrected chi connectivity index (χ4v) is 4.01. The summed E-state index contributed by atoms with van der Waals surface area (Å²) in [6, 6.07) is 4.08. The second-order valence-electron chi connectivity index (χ2n) is 8.55. The SMILES string of the molecule is CCCCCCCCCCCCCCCCCCCCCCc1ccco1. The van der Waals surface area contributed by atoms with E-state index < -0.39 is 0 Å². The molecule has 158 valence electrons. The van der Waals surface area contributed by atoms with Gasteiger partial charge >= 0.3 is 0 Å². The predicted octanol–water partition coefficient (Wildman–Crippen LogP) is 9.64. The lowest BCUT2D eigenvalue weighted by molar-refractivity contribution is 0.488. The van der Waals surface area contributed by atoms with Crippen molar-refractivity contribution >= 4 is 0 Å². The van der Waals surface area contributed by atoms with E-state index in [0.29, 0.717) is 0 Å². The van der Waals surface area contributed by atoms with Crippen molar-refractivity contribution in [2.75, 3.05) is 0 Å². The summed E-state index contributed by atoms with van der Waals surface area (Å²) < 4.78 is 5.37. The van der Waals surface area contributed by atoms with Crippen molar-refractivity contribution in [3.05, 3.63) is 24.2 Å². The van der Waals surface area contributed by atoms with E-state index in [-0.39, 0.29) is 0 Å². The van der Waals surface area contributed by atoms with Gasteiger partial charge in [0.25, 0.3) is 0 Å². The molecular weight excluding hydrogens is 328 g/mol. The summed E-state index contributed by atoms with van der Waals surface area (Å²) in [7, 11) is 0. The zero-order valence-electron chi connectivity index (χ0n) is 18.5. The minimum absolute atomic E-state index is 1.12. The number of unbranched alkanes of at least 4 members (excludes halogenated alkanes) is 19. The van der Waals surface area contributed by atoms with Gasteiger partial charge in [-0.2, -0.15) is 0 Å². The molecule has 0 radical (unpaired) electrons. The smallest absolute Gasteiger partial charge is 0.103 e. The first-order valence-electron chi connectivity index (χ1n) is 12.5. The Balaban J connectivity index is 1.64. The Hall–Kier alpha value is -0.720. The quantitative estimate of drug-likeness (QED) is 0.195. The van der Waals surface area contributed by atoms with Crippen LogP contribution in [0.4, 0.5) is 0 Å². The Kier molecular flexibility index (Phi) is 18.0. The normalized spacial score (nSPS) is 11.3. The third-order valence-corrected chi connectivity index (χ3v) is 5.86. The van der Waals surface area contributed by atoms with Gasteiger partial charge < -0.3 is 4.42 Å². The average Bonchev–Trinajstić information content (AvgIpc) is 3.20. The molecule has 0 bridgehead atoms. The molecule has 0 N–H and O–H groups in total. The van der Waals surface area contributed by atoms with Gasteiger partial charge in [0.15, 0.2) is 0 Å². The second kappa shape index (κ2) is 20.0. The van der Waals surface area contributed by atoms with Crippen LogP contribution < -0.4 is 0 Å². The van der Waals surface area contributed by atoms with Crippen molar-refractivity contribution in [1.29, 1.82) is 0 Å². The van der Waals surface area contributed by atoms with E-state index in [1.54, 1.807) is 6.26 Å². The Bertz CT molecular complexity index is 368. The highest BCUT2D eigenvalue weighted by molar-refractivity contribution is 4.97. The van der Waals surface area contributed by atoms with Crippen LogP contribution in [0.5, 0.6) is 0 Å². The van der Waals surface area contributed by atoms with Crippen LogP contribution in [-0.2, 0) is 6.42 Å². The molecule has 0 unspecified atom stereocenters. The van der Waals surface area contributed by atoms with Crippen LogP contribution in [0.25, 0.3) is 0 Å². The van der Waals surface area contributed by atoms with Gasteiger partial charge in [-0.25, -0.2) is 0 Å². The molecule has 0 aliphatic heterocycles. The van der Waals surface area contributed by atoms with Crippen molar-refractivity contribution < 1.29 is 4.42 Å². The first kappa shape index (κ1) is 24.3. The van der Waals surface area contributed by atoms with Crippen LogP contribution in [0.2, 0.25) is 0 Å². The van der Waals surface area contributed by atoms with E-state index in [0.717, 1.165) is 12.2 Å². The van der Waals surface area contributed by atoms with Crippen LogP contribution in [0.3, 0.4) is 0 Å². The molecule has 1 aromatic rings. The molecule has 0 saturated carbocycles. The molecule has 0 aliphatic rings. The predicted molar refractivity (Wildman–Crippen MR) is 120 cm³/mol. The number of hydrogen-bond acceptors (Lipinski definition) is 1. The van der Waals surface area contributed by atoms with Crippen LogP contribution in [0.15, 0.2) is 22.8 Å². The Morgan fingerprint density at radius 1 is 0.519 bits per heavy atom. The van der Waals surface area contributed by atoms with Crippen molar-refractivity contribution in [2.45, 2.75) is 142 Å². The van der Waals surface area contributed by atoms with E-state index in [9.17, 15) is 0 Å². The Morgan fingerprint density at radius 2 is 0.889 bits per heavy atom. The molecule has 0 amide bonds. The topological polar surface area (TPSA) is 13.1 Å². The summed E-state index contributed by atoms with van der Waals surface area (Å²) in [4.78, 5) is 0. The van der Waals surface area contributed by atoms with Gasteiger partial charge in [-0.1, -0.05) is 129 Å². The number of hydrogen-bond donors (Lipinski definition) is 0. The second-order valence-corrected chi connectivity index (χ2v) is 8.55. The monoisotopic (exact) mass is 376 g/mol. The lowest BCUT2D eigenvalue weighted by Crippen LogP contribution is -1.85. The van der Waals surface area contributed by atoms with Gasteiger partial charge in [0.1, 0.15) is 5.76 Å². The van der Waals surface area contributed by atoms with Crippen molar-refractivity contribution in [3.8, 4) is 0 Å². The third kappa shape index (κ3) is 17.1. The summed E-state index contributed by atoms with van der Waals surface area (Å²) in [5, 5.41) is 0. The number of rotatable bonds is 21. The first-order chi connectivity index (χ1) is 13.4. The highest BCUT2D eigenvalue weighted by Crippen LogP contribution is 2.15. The summed E-state index contributed by atoms with van der Waals surface area (Å²) >= 11 is 0. The Labute approximate surface area is 170 Å². The molecule has 1 heterocycles. The first-order valence-corrected chi connectivity index (χ1v) is 12.5. The van der Waals surface area contributed by atoms with Gasteiger partial charge in [-0.15, -0.1) is 0 Å². The summed E-state index contributed by atoms with van der Waals surface area (Å²) in [5.74, 6) is 1.15. The van der Waals surface area contributed by atoms with Gasteiger partial charge in [0.2, 0.25) is 0 Å². The maximum atomic E-state index is 5.37. The zero-order chi connectivity index (χ0) is 19.3. The molecule has 0 aliphatic carbocycles. The fourth-order valence-electron chi connectivity index (χ4n) is 4.01. The minimum Gasteiger partial charge on any atom is -0.469 e. The van der Waals surface area contributed by atoms with Gasteiger partial charge in [0, 0.05) is 6.42 Å². The van der Waals surface area contributed by atoms with Gasteiger partial charge in [-0.3, -0.25) is 0 Å². The largest absolute Gasteiger partial charge is 0.469 e. The maximum absolute atomic E-state index is 5.37. The number of furan rings is 1. The summed E-state index contributed by atoms with van der Waals surface area (Å²) in [6.07, 6.45) is 31.8. The lowest BCUT2D eigenvalue weighted by atomic mass is 10.0. The molecule has 0 aromatic carbocycles.